The molecule has 0 spiro atoms. The van der Waals surface area contributed by atoms with Gasteiger partial charge in [-0.25, -0.2) is 0 Å². The van der Waals surface area contributed by atoms with Crippen LogP contribution < -0.4 is 4.74 Å². The van der Waals surface area contributed by atoms with Gasteiger partial charge in [0, 0.05) is 13.0 Å². The number of ether oxygens (including phenoxy) is 1. The molecule has 0 aliphatic rings. The molecule has 0 aliphatic carbocycles. The third-order valence-corrected chi connectivity index (χ3v) is 3.44. The standard InChI is InChI=1S/C16H24N2O/c1-13-12-16(19-4)14(2)11-15(13)7-10-18(3)9-6-5-8-17/h11-12H,5-7,9-10H2,1-4H3. The summed E-state index contributed by atoms with van der Waals surface area (Å²) >= 11 is 0. The summed E-state index contributed by atoms with van der Waals surface area (Å²) < 4.78 is 5.33. The van der Waals surface area contributed by atoms with Crippen LogP contribution in [0.4, 0.5) is 0 Å². The normalized spacial score (nSPS) is 10.5. The summed E-state index contributed by atoms with van der Waals surface area (Å²) in [7, 11) is 3.83. The van der Waals surface area contributed by atoms with E-state index in [0.29, 0.717) is 6.42 Å². The number of likely N-dealkylation sites (N-methyl/N-ethyl adjacent to an activating group) is 1. The van der Waals surface area contributed by atoms with Gasteiger partial charge in [0.2, 0.25) is 0 Å². The highest BCUT2D eigenvalue weighted by molar-refractivity contribution is 5.41. The third kappa shape index (κ3) is 4.92. The molecule has 1 aromatic carbocycles. The van der Waals surface area contributed by atoms with Crippen molar-refractivity contribution in [2.24, 2.45) is 0 Å². The van der Waals surface area contributed by atoms with Crippen molar-refractivity contribution in [3.63, 3.8) is 0 Å². The first-order valence-electron chi connectivity index (χ1n) is 6.78. The summed E-state index contributed by atoms with van der Waals surface area (Å²) in [5.74, 6) is 0.962. The average molecular weight is 260 g/mol. The van der Waals surface area contributed by atoms with Gasteiger partial charge in [-0.2, -0.15) is 5.26 Å². The molecule has 3 nitrogen and oxygen atoms in total. The van der Waals surface area contributed by atoms with Crippen LogP contribution in [0.2, 0.25) is 0 Å². The molecule has 0 atom stereocenters. The third-order valence-electron chi connectivity index (χ3n) is 3.44. The maximum Gasteiger partial charge on any atom is 0.122 e. The zero-order valence-electron chi connectivity index (χ0n) is 12.5. The van der Waals surface area contributed by atoms with Crippen molar-refractivity contribution in [2.75, 3.05) is 27.2 Å². The van der Waals surface area contributed by atoms with Gasteiger partial charge in [0.05, 0.1) is 13.2 Å². The van der Waals surface area contributed by atoms with Crippen LogP contribution in [-0.2, 0) is 6.42 Å². The molecule has 0 bridgehead atoms. The molecule has 1 rings (SSSR count). The summed E-state index contributed by atoms with van der Waals surface area (Å²) in [6, 6.07) is 6.52. The van der Waals surface area contributed by atoms with Gasteiger partial charge in [-0.05, 0) is 63.0 Å². The Morgan fingerprint density at radius 3 is 2.58 bits per heavy atom. The summed E-state index contributed by atoms with van der Waals surface area (Å²) in [4.78, 5) is 2.29. The van der Waals surface area contributed by atoms with Crippen LogP contribution in [-0.4, -0.2) is 32.1 Å². The van der Waals surface area contributed by atoms with Crippen molar-refractivity contribution in [2.45, 2.75) is 33.1 Å². The van der Waals surface area contributed by atoms with E-state index in [9.17, 15) is 0 Å². The Bertz CT molecular complexity index is 449. The fraction of sp³-hybridized carbons (Fsp3) is 0.562. The maximum atomic E-state index is 8.52. The monoisotopic (exact) mass is 260 g/mol. The van der Waals surface area contributed by atoms with Gasteiger partial charge in [-0.1, -0.05) is 6.07 Å². The summed E-state index contributed by atoms with van der Waals surface area (Å²) in [5.41, 5.74) is 3.86. The van der Waals surface area contributed by atoms with E-state index in [2.05, 4.69) is 44.0 Å². The summed E-state index contributed by atoms with van der Waals surface area (Å²) in [6.45, 7) is 6.23. The van der Waals surface area contributed by atoms with Gasteiger partial charge in [0.1, 0.15) is 5.75 Å². The van der Waals surface area contributed by atoms with Gasteiger partial charge in [0.25, 0.3) is 0 Å². The molecule has 0 saturated carbocycles. The van der Waals surface area contributed by atoms with E-state index in [4.69, 9.17) is 10.00 Å². The second kappa shape index (κ2) is 7.81. The zero-order chi connectivity index (χ0) is 14.3. The van der Waals surface area contributed by atoms with Gasteiger partial charge in [-0.3, -0.25) is 0 Å². The number of hydrogen-bond acceptors (Lipinski definition) is 3. The van der Waals surface area contributed by atoms with Crippen molar-refractivity contribution in [1.82, 2.24) is 4.90 Å². The largest absolute Gasteiger partial charge is 0.496 e. The average Bonchev–Trinajstić information content (AvgIpc) is 2.39. The second-order valence-electron chi connectivity index (χ2n) is 5.06. The number of benzene rings is 1. The van der Waals surface area contributed by atoms with Gasteiger partial charge < -0.3 is 9.64 Å². The highest BCUT2D eigenvalue weighted by atomic mass is 16.5. The second-order valence-corrected chi connectivity index (χ2v) is 5.06. The lowest BCUT2D eigenvalue weighted by Gasteiger charge is -2.17. The number of rotatable bonds is 7. The van der Waals surface area contributed by atoms with E-state index >= 15 is 0 Å². The molecule has 19 heavy (non-hydrogen) atoms. The summed E-state index contributed by atoms with van der Waals surface area (Å²) in [5, 5.41) is 8.52. The quantitative estimate of drug-likeness (QED) is 0.707. The molecular formula is C16H24N2O. The SMILES string of the molecule is COc1cc(C)c(CCN(C)CCCC#N)cc1C. The van der Waals surface area contributed by atoms with Crippen LogP contribution in [0.15, 0.2) is 12.1 Å². The van der Waals surface area contributed by atoms with E-state index in [0.717, 1.165) is 31.7 Å². The number of aryl methyl sites for hydroxylation is 2. The molecule has 0 radical (unpaired) electrons. The molecule has 0 fully saturated rings. The first-order chi connectivity index (χ1) is 9.08. The minimum atomic E-state index is 0.644. The highest BCUT2D eigenvalue weighted by Crippen LogP contribution is 2.22. The molecule has 104 valence electrons. The Balaban J connectivity index is 2.54. The van der Waals surface area contributed by atoms with Gasteiger partial charge in [0.15, 0.2) is 0 Å². The lowest BCUT2D eigenvalue weighted by molar-refractivity contribution is 0.335. The zero-order valence-corrected chi connectivity index (χ0v) is 12.5. The lowest BCUT2D eigenvalue weighted by atomic mass is 10.0. The highest BCUT2D eigenvalue weighted by Gasteiger charge is 2.06. The summed E-state index contributed by atoms with van der Waals surface area (Å²) in [6.07, 6.45) is 2.64. The molecule has 1 aromatic rings. The number of nitrogens with zero attached hydrogens (tertiary/aromatic N) is 2. The molecule has 0 unspecified atom stereocenters. The molecule has 0 heterocycles. The number of hydrogen-bond donors (Lipinski definition) is 0. The van der Waals surface area contributed by atoms with Crippen LogP contribution in [0.5, 0.6) is 5.75 Å². The smallest absolute Gasteiger partial charge is 0.122 e. The van der Waals surface area contributed by atoms with E-state index in [1.165, 1.54) is 16.7 Å². The Morgan fingerprint density at radius 2 is 1.95 bits per heavy atom. The van der Waals surface area contributed by atoms with Crippen LogP contribution in [0.25, 0.3) is 0 Å². The molecule has 0 aromatic heterocycles. The van der Waals surface area contributed by atoms with E-state index in [-0.39, 0.29) is 0 Å². The van der Waals surface area contributed by atoms with E-state index < -0.39 is 0 Å². The Labute approximate surface area is 116 Å². The van der Waals surface area contributed by atoms with E-state index in [1.807, 2.05) is 0 Å². The maximum absolute atomic E-state index is 8.52. The van der Waals surface area contributed by atoms with Crippen LogP contribution in [0, 0.1) is 25.2 Å². The van der Waals surface area contributed by atoms with Crippen molar-refractivity contribution in [3.05, 3.63) is 28.8 Å². The molecule has 3 heteroatoms. The van der Waals surface area contributed by atoms with Gasteiger partial charge >= 0.3 is 0 Å². The van der Waals surface area contributed by atoms with E-state index in [1.54, 1.807) is 7.11 Å². The molecule has 0 N–H and O–H groups in total. The fourth-order valence-corrected chi connectivity index (χ4v) is 2.19. The Hall–Kier alpha value is -1.53. The minimum Gasteiger partial charge on any atom is -0.496 e. The van der Waals surface area contributed by atoms with Crippen molar-refractivity contribution >= 4 is 0 Å². The van der Waals surface area contributed by atoms with Crippen molar-refractivity contribution in [3.8, 4) is 11.8 Å². The molecule has 0 saturated heterocycles. The predicted molar refractivity (Wildman–Crippen MR) is 78.5 cm³/mol. The van der Waals surface area contributed by atoms with Crippen LogP contribution >= 0.6 is 0 Å². The molecular weight excluding hydrogens is 236 g/mol. The molecule has 0 aliphatic heterocycles. The number of unbranched alkanes of at least 4 members (excludes halogenated alkanes) is 1. The first-order valence-corrected chi connectivity index (χ1v) is 6.78. The fourth-order valence-electron chi connectivity index (χ4n) is 2.19. The van der Waals surface area contributed by atoms with Crippen LogP contribution in [0.1, 0.15) is 29.5 Å². The predicted octanol–water partition coefficient (Wildman–Crippen LogP) is 3.09. The first kappa shape index (κ1) is 15.5. The van der Waals surface area contributed by atoms with Crippen LogP contribution in [0.3, 0.4) is 0 Å². The van der Waals surface area contributed by atoms with Gasteiger partial charge in [-0.15, -0.1) is 0 Å². The Kier molecular flexibility index (Phi) is 6.38. The number of methoxy groups -OCH3 is 1. The topological polar surface area (TPSA) is 36.3 Å². The van der Waals surface area contributed by atoms with Crippen molar-refractivity contribution in [1.29, 1.82) is 5.26 Å². The molecule has 0 amide bonds. The number of nitriles is 1. The Morgan fingerprint density at radius 1 is 1.21 bits per heavy atom. The minimum absolute atomic E-state index is 0.644. The lowest BCUT2D eigenvalue weighted by Crippen LogP contribution is -2.22. The van der Waals surface area contributed by atoms with Crippen molar-refractivity contribution < 1.29 is 4.74 Å².